The number of nitrogens with one attached hydrogen (secondary N) is 2. The Kier molecular flexibility index (Phi) is 15.8. The average molecular weight is 484 g/mol. The van der Waals surface area contributed by atoms with Gasteiger partial charge in [0.05, 0.1) is 22.3 Å². The molecule has 11 nitrogen and oxygen atoms in total. The molecule has 0 fully saturated rings. The van der Waals surface area contributed by atoms with Crippen molar-refractivity contribution in [3.8, 4) is 0 Å². The van der Waals surface area contributed by atoms with E-state index in [0.29, 0.717) is 12.4 Å². The van der Waals surface area contributed by atoms with Crippen LogP contribution in [-0.4, -0.2) is 48.4 Å². The normalized spacial score (nSPS) is 10.4. The van der Waals surface area contributed by atoms with Crippen LogP contribution in [0.3, 0.4) is 0 Å². The maximum Gasteiger partial charge on any atom is 1.00 e. The van der Waals surface area contributed by atoms with Gasteiger partial charge >= 0.3 is 22.4 Å². The van der Waals surface area contributed by atoms with Crippen LogP contribution in [0.5, 0.6) is 0 Å². The molecular weight excluding hydrogens is 462 g/mol. The Labute approximate surface area is 170 Å². The second-order valence-electron chi connectivity index (χ2n) is 4.89. The molecule has 0 aliphatic carbocycles. The van der Waals surface area contributed by atoms with Gasteiger partial charge in [-0.05, 0) is 26.2 Å². The third-order valence-electron chi connectivity index (χ3n) is 2.50. The largest absolute Gasteiger partial charge is 1.00 e. The van der Waals surface area contributed by atoms with E-state index in [2.05, 4.69) is 15.5 Å². The Morgan fingerprint density at radius 2 is 1.85 bits per heavy atom. The molecule has 0 amide bonds. The molecule has 0 spiro atoms. The van der Waals surface area contributed by atoms with E-state index in [9.17, 15) is 10.1 Å². The molecule has 0 radical (unpaired) electrons. The topological polar surface area (TPSA) is 150 Å². The number of rotatable bonds is 10. The van der Waals surface area contributed by atoms with Crippen molar-refractivity contribution >= 4 is 11.8 Å². The van der Waals surface area contributed by atoms with E-state index in [1.165, 1.54) is 0 Å². The number of nitro groups is 1. The van der Waals surface area contributed by atoms with Crippen LogP contribution < -0.4 is 10.6 Å². The minimum absolute atomic E-state index is 0. The quantitative estimate of drug-likeness (QED) is 0.215. The Bertz CT molecular complexity index is 565. The molecular formula is C13H22AgN5O6S. The van der Waals surface area contributed by atoms with Crippen LogP contribution in [0, 0.1) is 25.4 Å². The molecule has 0 atom stereocenters. The molecule has 0 aliphatic rings. The van der Waals surface area contributed by atoms with E-state index in [-0.39, 0.29) is 22.4 Å². The summed E-state index contributed by atoms with van der Waals surface area (Å²) in [6, 6.07) is 3.98. The van der Waals surface area contributed by atoms with Crippen LogP contribution in [0.25, 0.3) is 0 Å². The van der Waals surface area contributed by atoms with E-state index in [0.717, 1.165) is 35.8 Å². The molecule has 2 N–H and O–H groups in total. The number of furan rings is 1. The van der Waals surface area contributed by atoms with Crippen molar-refractivity contribution in [3.05, 3.63) is 61.1 Å². The van der Waals surface area contributed by atoms with Gasteiger partial charge in [0.15, 0.2) is 5.82 Å². The summed E-state index contributed by atoms with van der Waals surface area (Å²) < 4.78 is 5.70. The van der Waals surface area contributed by atoms with Crippen LogP contribution >= 0.6 is 11.8 Å². The van der Waals surface area contributed by atoms with Gasteiger partial charge in [0.2, 0.25) is 0 Å². The van der Waals surface area contributed by atoms with Crippen molar-refractivity contribution in [2.24, 2.45) is 0 Å². The summed E-state index contributed by atoms with van der Waals surface area (Å²) >= 11 is 1.72. The van der Waals surface area contributed by atoms with Gasteiger partial charge in [0.1, 0.15) is 11.5 Å². The number of hydrogen-bond acceptors (Lipinski definition) is 10. The molecule has 0 saturated heterocycles. The van der Waals surface area contributed by atoms with Crippen LogP contribution in [0.1, 0.15) is 11.5 Å². The van der Waals surface area contributed by atoms with Gasteiger partial charge in [-0.15, -0.1) is 0 Å². The van der Waals surface area contributed by atoms with Gasteiger partial charge in [0, 0.05) is 19.3 Å². The third kappa shape index (κ3) is 15.8. The van der Waals surface area contributed by atoms with Gasteiger partial charge in [-0.1, -0.05) is 0 Å². The molecule has 152 valence electrons. The first-order valence-electron chi connectivity index (χ1n) is 7.13. The minimum atomic E-state index is -1.75. The third-order valence-corrected chi connectivity index (χ3v) is 3.48. The molecule has 13 heteroatoms. The van der Waals surface area contributed by atoms with Gasteiger partial charge < -0.3 is 35.3 Å². The van der Waals surface area contributed by atoms with E-state index < -0.39 is 10.0 Å². The summed E-state index contributed by atoms with van der Waals surface area (Å²) in [5.41, 5.74) is 0. The summed E-state index contributed by atoms with van der Waals surface area (Å²) in [4.78, 5) is 20.2. The average Bonchev–Trinajstić information content (AvgIpc) is 2.91. The Morgan fingerprint density at radius 1 is 1.27 bits per heavy atom. The second kappa shape index (κ2) is 15.5. The summed E-state index contributed by atoms with van der Waals surface area (Å²) in [5, 5.41) is 30.8. The zero-order chi connectivity index (χ0) is 19.2. The predicted octanol–water partition coefficient (Wildman–Crippen LogP) is 1.22. The zero-order valence-electron chi connectivity index (χ0n) is 14.6. The molecule has 1 heterocycles. The standard InChI is InChI=1S/C13H22N4O3S.Ag.NO3/c1-14-13(9-17(18)19)15-6-7-21-10-12-5-4-11(20-12)8-16(2)3;;2-1(3)4/h4-5,9,14-15H,6-8,10H2,1-3H3;;/q;+1;-1/b13-9-;;. The van der Waals surface area contributed by atoms with Crippen LogP contribution in [0.4, 0.5) is 0 Å². The number of thioether (sulfide) groups is 1. The van der Waals surface area contributed by atoms with Crippen LogP contribution in [0.2, 0.25) is 0 Å². The molecule has 0 unspecified atom stereocenters. The zero-order valence-corrected chi connectivity index (χ0v) is 16.9. The van der Waals surface area contributed by atoms with Crippen molar-refractivity contribution in [2.75, 3.05) is 33.4 Å². The first kappa shape index (κ1) is 26.5. The first-order chi connectivity index (χ1) is 11.7. The van der Waals surface area contributed by atoms with Crippen molar-refractivity contribution in [3.63, 3.8) is 0 Å². The van der Waals surface area contributed by atoms with E-state index in [1.54, 1.807) is 18.8 Å². The molecule has 26 heavy (non-hydrogen) atoms. The van der Waals surface area contributed by atoms with E-state index in [1.807, 2.05) is 26.2 Å². The van der Waals surface area contributed by atoms with Gasteiger partial charge in [-0.25, -0.2) is 0 Å². The van der Waals surface area contributed by atoms with Gasteiger partial charge in [-0.2, -0.15) is 11.8 Å². The summed E-state index contributed by atoms with van der Waals surface area (Å²) in [7, 11) is 5.64. The maximum absolute atomic E-state index is 10.3. The molecule has 0 bridgehead atoms. The molecule has 1 aromatic heterocycles. The SMILES string of the molecule is CN/C(=C/[N+](=O)[O-])NCCSCc1ccc(CN(C)C)o1.O=[N+]([O-])[O-].[Ag+]. The van der Waals surface area contributed by atoms with Crippen LogP contribution in [0.15, 0.2) is 28.6 Å². The fourth-order valence-electron chi connectivity index (χ4n) is 1.63. The van der Waals surface area contributed by atoms with Gasteiger partial charge in [-0.3, -0.25) is 10.1 Å². The molecule has 0 aliphatic heterocycles. The number of nitrogens with zero attached hydrogens (tertiary/aromatic N) is 3. The summed E-state index contributed by atoms with van der Waals surface area (Å²) in [6.07, 6.45) is 0.921. The Morgan fingerprint density at radius 3 is 2.35 bits per heavy atom. The Balaban J connectivity index is 0. The monoisotopic (exact) mass is 483 g/mol. The molecule has 0 saturated carbocycles. The van der Waals surface area contributed by atoms with E-state index >= 15 is 0 Å². The smallest absolute Gasteiger partial charge is 0.464 e. The second-order valence-corrected chi connectivity index (χ2v) is 5.99. The molecule has 0 aromatic carbocycles. The summed E-state index contributed by atoms with van der Waals surface area (Å²) in [5.74, 6) is 3.95. The predicted molar refractivity (Wildman–Crippen MR) is 94.8 cm³/mol. The minimum Gasteiger partial charge on any atom is -0.464 e. The molecule has 1 rings (SSSR count). The van der Waals surface area contributed by atoms with Crippen LogP contribution in [-0.2, 0) is 34.7 Å². The van der Waals surface area contributed by atoms with Crippen molar-refractivity contribution < 1.29 is 36.8 Å². The van der Waals surface area contributed by atoms with Crippen molar-refractivity contribution in [2.45, 2.75) is 12.3 Å². The van der Waals surface area contributed by atoms with Crippen molar-refractivity contribution in [1.29, 1.82) is 0 Å². The Hall–Kier alpha value is -1.73. The van der Waals surface area contributed by atoms with Gasteiger partial charge in [0.25, 0.3) is 6.20 Å². The maximum atomic E-state index is 10.3. The van der Waals surface area contributed by atoms with E-state index in [4.69, 9.17) is 19.7 Å². The molecule has 1 aromatic rings. The first-order valence-corrected chi connectivity index (χ1v) is 8.28. The fraction of sp³-hybridized carbons (Fsp3) is 0.538. The summed E-state index contributed by atoms with van der Waals surface area (Å²) in [6.45, 7) is 1.44. The fourth-order valence-corrected chi connectivity index (χ4v) is 2.38. The number of hydrogen-bond donors (Lipinski definition) is 2. The van der Waals surface area contributed by atoms with Crippen molar-refractivity contribution in [1.82, 2.24) is 15.5 Å².